The Morgan fingerprint density at radius 3 is 1.33 bits per heavy atom. The first-order valence-corrected chi connectivity index (χ1v) is 11.9. The molecule has 0 N–H and O–H groups in total. The molecular formula is C26H10F11OS+. The minimum atomic E-state index is -4.75. The first kappa shape index (κ1) is 26.7. The molecule has 5 aromatic rings. The van der Waals surface area contributed by atoms with Crippen LogP contribution >= 0.6 is 10.5 Å². The second-order valence-corrected chi connectivity index (χ2v) is 10.2. The van der Waals surface area contributed by atoms with Crippen molar-refractivity contribution >= 4 is 30.6 Å². The van der Waals surface area contributed by atoms with Gasteiger partial charge in [0.15, 0.2) is 14.3 Å². The van der Waals surface area contributed by atoms with Crippen molar-refractivity contribution in [1.29, 1.82) is 0 Å². The van der Waals surface area contributed by atoms with Gasteiger partial charge in [-0.1, -0.05) is 0 Å². The predicted octanol–water partition coefficient (Wildman–Crippen LogP) is 10.3. The van der Waals surface area contributed by atoms with E-state index in [9.17, 15) is 48.3 Å². The van der Waals surface area contributed by atoms with Crippen LogP contribution in [0, 0.1) is 29.1 Å². The smallest absolute Gasteiger partial charge is 0.416 e. The number of fused-ring (bicyclic) bond motifs is 3. The van der Waals surface area contributed by atoms with Gasteiger partial charge in [0.1, 0.15) is 5.75 Å². The molecule has 1 nitrogen and oxygen atoms in total. The van der Waals surface area contributed by atoms with Gasteiger partial charge in [-0.15, -0.1) is 0 Å². The van der Waals surface area contributed by atoms with Crippen molar-refractivity contribution in [2.45, 2.75) is 12.4 Å². The Morgan fingerprint density at radius 1 is 0.513 bits per heavy atom. The fourth-order valence-electron chi connectivity index (χ4n) is 4.00. The standard InChI is InChI=1S/C26H10F11OS/c27-19-20(28)22(30)24(23(31)21(19)29)38-13-3-5-14(6-4-13)39-17-7-1-11(25(32,33)34)9-15(17)16-10-12(26(35,36)37)2-8-18(16)39/h1-10H/q+1. The molecule has 0 bridgehead atoms. The number of benzene rings is 4. The maximum Gasteiger partial charge on any atom is 0.416 e. The molecule has 0 aliphatic heterocycles. The van der Waals surface area contributed by atoms with Gasteiger partial charge in [-0.3, -0.25) is 0 Å². The third-order valence-electron chi connectivity index (χ3n) is 5.79. The van der Waals surface area contributed by atoms with Gasteiger partial charge in [0.05, 0.1) is 11.1 Å². The zero-order chi connectivity index (χ0) is 28.4. The van der Waals surface area contributed by atoms with E-state index in [0.29, 0.717) is 14.3 Å². The van der Waals surface area contributed by atoms with Crippen LogP contribution in [0.1, 0.15) is 11.1 Å². The lowest BCUT2D eigenvalue weighted by atomic mass is 10.1. The number of hydrogen-bond donors (Lipinski definition) is 0. The molecule has 202 valence electrons. The molecule has 0 radical (unpaired) electrons. The SMILES string of the molecule is Fc1c(F)c(F)c(Oc2ccc(-[s+]3c4ccc(C(F)(F)F)cc4c4cc(C(F)(F)F)ccc43)cc2)c(F)c1F. The first-order chi connectivity index (χ1) is 18.2. The van der Waals surface area contributed by atoms with Gasteiger partial charge in [-0.25, -0.2) is 13.2 Å². The van der Waals surface area contributed by atoms with Crippen LogP contribution in [0.2, 0.25) is 0 Å². The molecule has 0 aliphatic rings. The molecule has 0 aliphatic carbocycles. The van der Waals surface area contributed by atoms with Gasteiger partial charge >= 0.3 is 12.4 Å². The lowest BCUT2D eigenvalue weighted by Gasteiger charge is -2.09. The van der Waals surface area contributed by atoms with Crippen LogP contribution in [0.25, 0.3) is 25.1 Å². The summed E-state index contributed by atoms with van der Waals surface area (Å²) in [7, 11) is -1.19. The summed E-state index contributed by atoms with van der Waals surface area (Å²) in [5.74, 6) is -13.1. The average molecular weight is 579 g/mol. The summed E-state index contributed by atoms with van der Waals surface area (Å²) >= 11 is 0. The minimum Gasteiger partial charge on any atom is -0.451 e. The average Bonchev–Trinajstić information content (AvgIpc) is 3.21. The fraction of sp³-hybridized carbons (Fsp3) is 0.0769. The zero-order valence-electron chi connectivity index (χ0n) is 18.7. The monoisotopic (exact) mass is 579 g/mol. The zero-order valence-corrected chi connectivity index (χ0v) is 19.6. The minimum absolute atomic E-state index is 0.0454. The number of ether oxygens (including phenoxy) is 1. The number of thiophene rings is 1. The normalized spacial score (nSPS) is 12.5. The van der Waals surface area contributed by atoms with Crippen molar-refractivity contribution in [3.05, 3.63) is 101 Å². The maximum absolute atomic E-state index is 14.0. The molecule has 4 aromatic carbocycles. The Labute approximate surface area is 213 Å². The highest BCUT2D eigenvalue weighted by Crippen LogP contribution is 2.51. The molecule has 1 aromatic heterocycles. The maximum atomic E-state index is 14.0. The van der Waals surface area contributed by atoms with Crippen LogP contribution in [-0.4, -0.2) is 0 Å². The summed E-state index contributed by atoms with van der Waals surface area (Å²) < 4.78 is 154. The number of rotatable bonds is 3. The van der Waals surface area contributed by atoms with E-state index >= 15 is 0 Å². The quantitative estimate of drug-likeness (QED) is 0.0895. The fourth-order valence-corrected chi connectivity index (χ4v) is 6.34. The van der Waals surface area contributed by atoms with Crippen LogP contribution in [0.5, 0.6) is 11.5 Å². The van der Waals surface area contributed by atoms with Crippen molar-refractivity contribution in [1.82, 2.24) is 0 Å². The summed E-state index contributed by atoms with van der Waals surface area (Å²) in [5.41, 5.74) is -2.11. The molecular weight excluding hydrogens is 569 g/mol. The Morgan fingerprint density at radius 2 is 0.923 bits per heavy atom. The Kier molecular flexibility index (Phi) is 6.24. The molecule has 1 heterocycles. The van der Waals surface area contributed by atoms with Crippen molar-refractivity contribution in [3.63, 3.8) is 0 Å². The highest BCUT2D eigenvalue weighted by atomic mass is 32.2. The van der Waals surface area contributed by atoms with Crippen molar-refractivity contribution < 1.29 is 53.0 Å². The van der Waals surface area contributed by atoms with E-state index in [-0.39, 0.29) is 16.5 Å². The van der Waals surface area contributed by atoms with Crippen LogP contribution in [0.3, 0.4) is 0 Å². The van der Waals surface area contributed by atoms with Crippen LogP contribution in [-0.2, 0) is 12.4 Å². The molecule has 13 heteroatoms. The van der Waals surface area contributed by atoms with Gasteiger partial charge in [-0.2, -0.15) is 35.1 Å². The number of hydrogen-bond acceptors (Lipinski definition) is 1. The Bertz CT molecular complexity index is 1650. The van der Waals surface area contributed by atoms with Crippen LogP contribution < -0.4 is 4.74 Å². The van der Waals surface area contributed by atoms with Crippen molar-refractivity contribution in [2.75, 3.05) is 0 Å². The Balaban J connectivity index is 1.65. The van der Waals surface area contributed by atoms with E-state index in [1.807, 2.05) is 0 Å². The molecule has 0 fully saturated rings. The Hall–Kier alpha value is -3.87. The molecule has 39 heavy (non-hydrogen) atoms. The van der Waals surface area contributed by atoms with Gasteiger partial charge in [-0.05, 0) is 48.5 Å². The third-order valence-corrected chi connectivity index (χ3v) is 8.13. The van der Waals surface area contributed by atoms with E-state index in [1.165, 1.54) is 12.1 Å². The highest BCUT2D eigenvalue weighted by Gasteiger charge is 2.36. The molecule has 0 amide bonds. The van der Waals surface area contributed by atoms with Gasteiger partial charge in [0, 0.05) is 33.4 Å². The molecule has 0 spiro atoms. The van der Waals surface area contributed by atoms with E-state index in [0.717, 1.165) is 48.5 Å². The summed E-state index contributed by atoms with van der Waals surface area (Å²) in [6, 6.07) is 10.3. The molecule has 0 saturated heterocycles. The molecule has 5 rings (SSSR count). The van der Waals surface area contributed by atoms with E-state index < -0.39 is 68.8 Å². The molecule has 0 unspecified atom stereocenters. The van der Waals surface area contributed by atoms with E-state index in [4.69, 9.17) is 4.74 Å². The summed E-state index contributed by atoms with van der Waals surface area (Å²) in [6.45, 7) is 0. The highest BCUT2D eigenvalue weighted by molar-refractivity contribution is 7.50. The van der Waals surface area contributed by atoms with Crippen LogP contribution in [0.15, 0.2) is 60.7 Å². The first-order valence-electron chi connectivity index (χ1n) is 10.6. The van der Waals surface area contributed by atoms with Crippen molar-refractivity contribution in [3.8, 4) is 16.4 Å². The van der Waals surface area contributed by atoms with Gasteiger partial charge < -0.3 is 4.74 Å². The lowest BCUT2D eigenvalue weighted by Crippen LogP contribution is -2.04. The van der Waals surface area contributed by atoms with Gasteiger partial charge in [0.2, 0.25) is 34.8 Å². The second-order valence-electron chi connectivity index (χ2n) is 8.20. The summed E-state index contributed by atoms with van der Waals surface area (Å²) in [5, 5.41) is -0.0908. The lowest BCUT2D eigenvalue weighted by molar-refractivity contribution is -0.138. The van der Waals surface area contributed by atoms with Crippen LogP contribution in [0.4, 0.5) is 48.3 Å². The largest absolute Gasteiger partial charge is 0.451 e. The summed E-state index contributed by atoms with van der Waals surface area (Å²) in [4.78, 5) is 0.374. The van der Waals surface area contributed by atoms with E-state index in [2.05, 4.69) is 0 Å². The van der Waals surface area contributed by atoms with Gasteiger partial charge in [0.25, 0.3) is 0 Å². The predicted molar refractivity (Wildman–Crippen MR) is 122 cm³/mol. The molecule has 0 atom stereocenters. The summed E-state index contributed by atoms with van der Waals surface area (Å²) in [6.07, 6.45) is -9.50. The number of halogens is 11. The topological polar surface area (TPSA) is 9.23 Å². The third kappa shape index (κ3) is 4.54. The van der Waals surface area contributed by atoms with Crippen molar-refractivity contribution in [2.24, 2.45) is 0 Å². The van der Waals surface area contributed by atoms with E-state index in [1.54, 1.807) is 0 Å². The second kappa shape index (κ2) is 9.11. The molecule has 0 saturated carbocycles. The number of alkyl halides is 6.